The van der Waals surface area contributed by atoms with Gasteiger partial charge in [0.2, 0.25) is 0 Å². The van der Waals surface area contributed by atoms with Crippen LogP contribution >= 0.6 is 23.2 Å². The van der Waals surface area contributed by atoms with Crippen molar-refractivity contribution >= 4 is 34.4 Å². The Morgan fingerprint density at radius 1 is 1.38 bits per heavy atom. The number of imidazole rings is 1. The van der Waals surface area contributed by atoms with Crippen molar-refractivity contribution in [3.63, 3.8) is 0 Å². The van der Waals surface area contributed by atoms with E-state index in [4.69, 9.17) is 23.2 Å². The summed E-state index contributed by atoms with van der Waals surface area (Å²) in [4.78, 5) is 11.4. The topological polar surface area (TPSA) is 41.6 Å². The molecule has 0 spiro atoms. The van der Waals surface area contributed by atoms with E-state index < -0.39 is 0 Å². The molecule has 68 valence electrons. The third-order valence-electron chi connectivity index (χ3n) is 1.77. The van der Waals surface area contributed by atoms with Gasteiger partial charge in [-0.1, -0.05) is 30.1 Å². The van der Waals surface area contributed by atoms with Crippen LogP contribution in [0, 0.1) is 0 Å². The first-order chi connectivity index (χ1) is 6.20. The van der Waals surface area contributed by atoms with E-state index in [-0.39, 0.29) is 0 Å². The number of nitrogens with one attached hydrogen (secondary N) is 1. The lowest BCUT2D eigenvalue weighted by molar-refractivity contribution is 0.997. The molecule has 0 bridgehead atoms. The fourth-order valence-electron chi connectivity index (χ4n) is 1.11. The van der Waals surface area contributed by atoms with Gasteiger partial charge in [0.05, 0.1) is 10.5 Å². The molecule has 0 radical (unpaired) electrons. The monoisotopic (exact) mass is 215 g/mol. The van der Waals surface area contributed by atoms with Crippen LogP contribution in [0.5, 0.6) is 0 Å². The van der Waals surface area contributed by atoms with Crippen molar-refractivity contribution in [1.29, 1.82) is 0 Å². The Morgan fingerprint density at radius 2 is 2.15 bits per heavy atom. The van der Waals surface area contributed by atoms with Crippen LogP contribution in [0.1, 0.15) is 12.7 Å². The smallest absolute Gasteiger partial charge is 0.179 e. The SMILES string of the molecule is CCc1nc2nc(Cl)c(Cl)cc2[nH]1. The fraction of sp³-hybridized carbons (Fsp3) is 0.250. The number of H-pyrrole nitrogens is 1. The predicted octanol–water partition coefficient (Wildman–Crippen LogP) is 2.83. The average Bonchev–Trinajstić information content (AvgIpc) is 2.48. The first kappa shape index (κ1) is 8.78. The molecule has 0 aromatic carbocycles. The van der Waals surface area contributed by atoms with E-state index in [1.165, 1.54) is 0 Å². The number of aromatic amines is 1. The summed E-state index contributed by atoms with van der Waals surface area (Å²) in [5.74, 6) is 0.890. The Balaban J connectivity index is 2.70. The molecule has 5 heteroatoms. The summed E-state index contributed by atoms with van der Waals surface area (Å²) in [6, 6.07) is 1.73. The molecule has 0 saturated heterocycles. The van der Waals surface area contributed by atoms with Gasteiger partial charge in [0.1, 0.15) is 11.0 Å². The van der Waals surface area contributed by atoms with Gasteiger partial charge in [-0.3, -0.25) is 0 Å². The van der Waals surface area contributed by atoms with Crippen LogP contribution < -0.4 is 0 Å². The molecule has 2 aromatic rings. The molecular weight excluding hydrogens is 209 g/mol. The highest BCUT2D eigenvalue weighted by Gasteiger charge is 2.06. The fourth-order valence-corrected chi connectivity index (χ4v) is 1.40. The molecule has 1 N–H and O–H groups in total. The normalized spacial score (nSPS) is 11.0. The van der Waals surface area contributed by atoms with Gasteiger partial charge in [0.25, 0.3) is 0 Å². The van der Waals surface area contributed by atoms with Crippen LogP contribution in [0.15, 0.2) is 6.07 Å². The molecule has 13 heavy (non-hydrogen) atoms. The zero-order valence-corrected chi connectivity index (χ0v) is 8.45. The summed E-state index contributed by atoms with van der Waals surface area (Å²) in [5.41, 5.74) is 1.44. The first-order valence-corrected chi connectivity index (χ1v) is 4.67. The number of pyridine rings is 1. The van der Waals surface area contributed by atoms with Gasteiger partial charge < -0.3 is 4.98 Å². The summed E-state index contributed by atoms with van der Waals surface area (Å²) in [7, 11) is 0. The number of fused-ring (bicyclic) bond motifs is 1. The van der Waals surface area contributed by atoms with Gasteiger partial charge in [0.15, 0.2) is 5.65 Å². The highest BCUT2D eigenvalue weighted by atomic mass is 35.5. The minimum absolute atomic E-state index is 0.295. The molecule has 0 saturated carbocycles. The molecular formula is C8H7Cl2N3. The Kier molecular flexibility index (Phi) is 2.14. The van der Waals surface area contributed by atoms with Crippen molar-refractivity contribution in [3.8, 4) is 0 Å². The minimum Gasteiger partial charge on any atom is -0.341 e. The summed E-state index contributed by atoms with van der Waals surface area (Å²) in [5, 5.41) is 0.740. The summed E-state index contributed by atoms with van der Waals surface area (Å²) in [6.07, 6.45) is 0.839. The van der Waals surface area contributed by atoms with Crippen LogP contribution in [0.3, 0.4) is 0 Å². The Morgan fingerprint density at radius 3 is 2.85 bits per heavy atom. The second kappa shape index (κ2) is 3.16. The minimum atomic E-state index is 0.295. The third-order valence-corrected chi connectivity index (χ3v) is 2.44. The predicted molar refractivity (Wildman–Crippen MR) is 53.3 cm³/mol. The van der Waals surface area contributed by atoms with Crippen molar-refractivity contribution in [2.75, 3.05) is 0 Å². The van der Waals surface area contributed by atoms with Crippen LogP contribution in [0.25, 0.3) is 11.2 Å². The molecule has 0 unspecified atom stereocenters. The van der Waals surface area contributed by atoms with Crippen LogP contribution in [-0.2, 0) is 6.42 Å². The number of aryl methyl sites for hydroxylation is 1. The molecule has 2 aromatic heterocycles. The maximum absolute atomic E-state index is 5.80. The standard InChI is InChI=1S/C8H7Cl2N3/c1-2-6-11-5-3-4(9)7(10)13-8(5)12-6/h3H,2H2,1H3,(H,11,12,13). The third kappa shape index (κ3) is 1.49. The van der Waals surface area contributed by atoms with Gasteiger partial charge in [-0.25, -0.2) is 9.97 Å². The number of hydrogen-bond acceptors (Lipinski definition) is 2. The van der Waals surface area contributed by atoms with Crippen LogP contribution in [0.2, 0.25) is 10.2 Å². The number of nitrogens with zero attached hydrogens (tertiary/aromatic N) is 2. The second-order valence-electron chi connectivity index (χ2n) is 2.67. The lowest BCUT2D eigenvalue weighted by atomic mass is 10.4. The lowest BCUT2D eigenvalue weighted by Crippen LogP contribution is -1.80. The zero-order valence-electron chi connectivity index (χ0n) is 6.93. The molecule has 0 atom stereocenters. The van der Waals surface area contributed by atoms with Crippen molar-refractivity contribution in [2.24, 2.45) is 0 Å². The maximum atomic E-state index is 5.80. The van der Waals surface area contributed by atoms with Crippen LogP contribution in [-0.4, -0.2) is 15.0 Å². The quantitative estimate of drug-likeness (QED) is 0.744. The molecule has 0 amide bonds. The lowest BCUT2D eigenvalue weighted by Gasteiger charge is -1.92. The highest BCUT2D eigenvalue weighted by molar-refractivity contribution is 6.41. The number of aromatic nitrogens is 3. The van der Waals surface area contributed by atoms with E-state index in [9.17, 15) is 0 Å². The Bertz CT molecular complexity index is 411. The van der Waals surface area contributed by atoms with Crippen molar-refractivity contribution in [3.05, 3.63) is 22.1 Å². The van der Waals surface area contributed by atoms with E-state index in [2.05, 4.69) is 15.0 Å². The van der Waals surface area contributed by atoms with Crippen LogP contribution in [0.4, 0.5) is 0 Å². The molecule has 0 fully saturated rings. The van der Waals surface area contributed by atoms with E-state index >= 15 is 0 Å². The average molecular weight is 216 g/mol. The molecule has 0 aliphatic carbocycles. The van der Waals surface area contributed by atoms with Gasteiger partial charge >= 0.3 is 0 Å². The summed E-state index contributed by atoms with van der Waals surface area (Å²) in [6.45, 7) is 2.01. The van der Waals surface area contributed by atoms with Gasteiger partial charge in [0, 0.05) is 6.42 Å². The molecule has 2 rings (SSSR count). The van der Waals surface area contributed by atoms with E-state index in [1.807, 2.05) is 6.92 Å². The van der Waals surface area contributed by atoms with E-state index in [0.29, 0.717) is 15.8 Å². The van der Waals surface area contributed by atoms with Crippen molar-refractivity contribution in [2.45, 2.75) is 13.3 Å². The number of hydrogen-bond donors (Lipinski definition) is 1. The Labute approximate surface area is 85.1 Å². The van der Waals surface area contributed by atoms with Crippen molar-refractivity contribution in [1.82, 2.24) is 15.0 Å². The van der Waals surface area contributed by atoms with Gasteiger partial charge in [-0.05, 0) is 6.07 Å². The molecule has 2 heterocycles. The number of rotatable bonds is 1. The largest absolute Gasteiger partial charge is 0.341 e. The Hall–Kier alpha value is -0.800. The maximum Gasteiger partial charge on any atom is 0.179 e. The van der Waals surface area contributed by atoms with E-state index in [1.54, 1.807) is 6.07 Å². The molecule has 3 nitrogen and oxygen atoms in total. The van der Waals surface area contributed by atoms with Crippen molar-refractivity contribution < 1.29 is 0 Å². The van der Waals surface area contributed by atoms with Gasteiger partial charge in [-0.15, -0.1) is 0 Å². The van der Waals surface area contributed by atoms with Gasteiger partial charge in [-0.2, -0.15) is 0 Å². The summed E-state index contributed by atoms with van der Waals surface area (Å²) >= 11 is 11.5. The summed E-state index contributed by atoms with van der Waals surface area (Å²) < 4.78 is 0. The number of halogens is 2. The first-order valence-electron chi connectivity index (χ1n) is 3.91. The molecule has 0 aliphatic heterocycles. The highest BCUT2D eigenvalue weighted by Crippen LogP contribution is 2.23. The zero-order chi connectivity index (χ0) is 9.42. The van der Waals surface area contributed by atoms with E-state index in [0.717, 1.165) is 17.8 Å². The molecule has 0 aliphatic rings. The second-order valence-corrected chi connectivity index (χ2v) is 3.43.